The van der Waals surface area contributed by atoms with Gasteiger partial charge in [-0.25, -0.2) is 13.4 Å². The van der Waals surface area contributed by atoms with Crippen LogP contribution in [-0.2, 0) is 14.6 Å². The smallest absolute Gasteiger partial charge is 0.204 e. The van der Waals surface area contributed by atoms with Crippen molar-refractivity contribution >= 4 is 32.1 Å². The number of piperidine rings is 1. The zero-order valence-corrected chi connectivity index (χ0v) is 15.8. The number of nitrogens with zero attached hydrogens (tertiary/aromatic N) is 2. The molecule has 6 nitrogen and oxygen atoms in total. The summed E-state index contributed by atoms with van der Waals surface area (Å²) in [5.41, 5.74) is 0.353. The molecule has 0 amide bonds. The molecule has 2 aromatic rings. The number of benzene rings is 1. The monoisotopic (exact) mass is 380 g/mol. The molecule has 1 aliphatic rings. The Kier molecular flexibility index (Phi) is 5.21. The lowest BCUT2D eigenvalue weighted by Crippen LogP contribution is -2.39. The van der Waals surface area contributed by atoms with Crippen molar-refractivity contribution in [2.24, 2.45) is 0 Å². The number of aromatic nitrogens is 1. The summed E-state index contributed by atoms with van der Waals surface area (Å²) in [6, 6.07) is 6.11. The zero-order valence-electron chi connectivity index (χ0n) is 14.1. The first kappa shape index (κ1) is 18.0. The van der Waals surface area contributed by atoms with Crippen LogP contribution in [0.2, 0.25) is 0 Å². The second-order valence-corrected chi connectivity index (χ2v) is 9.11. The minimum atomic E-state index is -3.35. The zero-order chi connectivity index (χ0) is 18.0. The number of carbonyl (C=O) groups excluding carboxylic acids is 1. The minimum absolute atomic E-state index is 0.141. The van der Waals surface area contributed by atoms with E-state index >= 15 is 0 Å². The summed E-state index contributed by atoms with van der Waals surface area (Å²) in [4.78, 5) is 19.8. The number of hydrogen-bond donors (Lipinski definition) is 0. The molecule has 2 heterocycles. The standard InChI is InChI=1S/C17H20N2O4S2/c1-23-13-6-4-8-19(11-13)17-18-10-15(24-17)16(20)12-5-3-7-14(9-12)25(2,21)22/h3,5,7,9-10,13H,4,6,8,11H2,1-2H3/t13-/m0/s1. The quantitative estimate of drug-likeness (QED) is 0.742. The van der Waals surface area contributed by atoms with Crippen LogP contribution in [0.1, 0.15) is 28.1 Å². The molecular weight excluding hydrogens is 360 g/mol. The van der Waals surface area contributed by atoms with Gasteiger partial charge in [0.25, 0.3) is 0 Å². The van der Waals surface area contributed by atoms with Crippen LogP contribution in [0.15, 0.2) is 35.4 Å². The first-order valence-corrected chi connectivity index (χ1v) is 10.7. The fraction of sp³-hybridized carbons (Fsp3) is 0.412. The number of anilines is 1. The average Bonchev–Trinajstić information content (AvgIpc) is 3.10. The molecule has 1 atom stereocenters. The van der Waals surface area contributed by atoms with Gasteiger partial charge in [0.05, 0.1) is 22.1 Å². The maximum Gasteiger partial charge on any atom is 0.204 e. The number of carbonyl (C=O) groups is 1. The molecule has 25 heavy (non-hydrogen) atoms. The number of rotatable bonds is 5. The highest BCUT2D eigenvalue weighted by Crippen LogP contribution is 2.28. The minimum Gasteiger partial charge on any atom is -0.380 e. The third-order valence-corrected chi connectivity index (χ3v) is 6.39. The number of ketones is 1. The fourth-order valence-electron chi connectivity index (χ4n) is 2.83. The molecule has 8 heteroatoms. The Morgan fingerprint density at radius 2 is 2.20 bits per heavy atom. The van der Waals surface area contributed by atoms with E-state index in [-0.39, 0.29) is 16.8 Å². The molecule has 134 valence electrons. The molecule has 0 saturated carbocycles. The summed E-state index contributed by atoms with van der Waals surface area (Å²) in [7, 11) is -1.64. The molecule has 0 spiro atoms. The molecule has 1 aromatic heterocycles. The maximum atomic E-state index is 12.7. The van der Waals surface area contributed by atoms with Gasteiger partial charge in [0.15, 0.2) is 15.0 Å². The molecule has 1 aliphatic heterocycles. The molecule has 3 rings (SSSR count). The Labute approximate surface area is 151 Å². The Morgan fingerprint density at radius 1 is 1.40 bits per heavy atom. The Hall–Kier alpha value is -1.77. The van der Waals surface area contributed by atoms with E-state index in [1.807, 2.05) is 0 Å². The van der Waals surface area contributed by atoms with Crippen molar-refractivity contribution in [3.05, 3.63) is 40.9 Å². The molecule has 0 radical (unpaired) electrons. The van der Waals surface area contributed by atoms with Gasteiger partial charge in [-0.2, -0.15) is 0 Å². The van der Waals surface area contributed by atoms with E-state index in [1.165, 1.54) is 23.5 Å². The van der Waals surface area contributed by atoms with Crippen LogP contribution in [0.25, 0.3) is 0 Å². The predicted octanol–water partition coefficient (Wildman–Crippen LogP) is 2.39. The Morgan fingerprint density at radius 3 is 2.92 bits per heavy atom. The van der Waals surface area contributed by atoms with Crippen LogP contribution >= 0.6 is 11.3 Å². The van der Waals surface area contributed by atoms with E-state index in [4.69, 9.17) is 4.74 Å². The molecule has 0 bridgehead atoms. The van der Waals surface area contributed by atoms with Crippen LogP contribution in [0.4, 0.5) is 5.13 Å². The fourth-order valence-corrected chi connectivity index (χ4v) is 4.41. The number of methoxy groups -OCH3 is 1. The average molecular weight is 380 g/mol. The van der Waals surface area contributed by atoms with Gasteiger partial charge in [-0.05, 0) is 25.0 Å². The van der Waals surface area contributed by atoms with Crippen molar-refractivity contribution in [3.8, 4) is 0 Å². The summed E-state index contributed by atoms with van der Waals surface area (Å²) >= 11 is 1.33. The van der Waals surface area contributed by atoms with Crippen molar-refractivity contribution in [2.45, 2.75) is 23.8 Å². The van der Waals surface area contributed by atoms with Crippen LogP contribution in [-0.4, -0.2) is 51.7 Å². The number of sulfone groups is 1. The van der Waals surface area contributed by atoms with Crippen molar-refractivity contribution in [3.63, 3.8) is 0 Å². The number of ether oxygens (including phenoxy) is 1. The van der Waals surface area contributed by atoms with Gasteiger partial charge < -0.3 is 9.64 Å². The number of hydrogen-bond acceptors (Lipinski definition) is 7. The summed E-state index contributed by atoms with van der Waals surface area (Å²) in [6.45, 7) is 1.66. The van der Waals surface area contributed by atoms with Gasteiger partial charge in [-0.15, -0.1) is 0 Å². The van der Waals surface area contributed by atoms with Gasteiger partial charge in [0.1, 0.15) is 0 Å². The summed E-state index contributed by atoms with van der Waals surface area (Å²) in [6.07, 6.45) is 4.93. The topological polar surface area (TPSA) is 76.6 Å². The largest absolute Gasteiger partial charge is 0.380 e. The lowest BCUT2D eigenvalue weighted by atomic mass is 10.1. The Balaban J connectivity index is 1.81. The maximum absolute atomic E-state index is 12.7. The van der Waals surface area contributed by atoms with Gasteiger partial charge in [0.2, 0.25) is 5.78 Å². The molecule has 1 aromatic carbocycles. The van der Waals surface area contributed by atoms with Crippen molar-refractivity contribution < 1.29 is 17.9 Å². The lowest BCUT2D eigenvalue weighted by molar-refractivity contribution is 0.0893. The first-order chi connectivity index (χ1) is 11.9. The molecule has 1 fully saturated rings. The van der Waals surface area contributed by atoms with Crippen LogP contribution in [0.3, 0.4) is 0 Å². The Bertz CT molecular complexity index is 876. The van der Waals surface area contributed by atoms with Crippen molar-refractivity contribution in [1.82, 2.24) is 4.98 Å². The SMILES string of the molecule is CO[C@H]1CCCN(c2ncc(C(=O)c3cccc(S(C)(=O)=O)c3)s2)C1. The molecule has 0 aliphatic carbocycles. The molecule has 0 unspecified atom stereocenters. The van der Waals surface area contributed by atoms with Crippen molar-refractivity contribution in [1.29, 1.82) is 0 Å². The summed E-state index contributed by atoms with van der Waals surface area (Å²) in [5, 5.41) is 0.796. The van der Waals surface area contributed by atoms with E-state index in [0.29, 0.717) is 10.4 Å². The highest BCUT2D eigenvalue weighted by atomic mass is 32.2. The normalized spacial score (nSPS) is 18.3. The predicted molar refractivity (Wildman–Crippen MR) is 97.3 cm³/mol. The first-order valence-electron chi connectivity index (χ1n) is 7.97. The van der Waals surface area contributed by atoms with Gasteiger partial charge in [-0.3, -0.25) is 4.79 Å². The highest BCUT2D eigenvalue weighted by Gasteiger charge is 2.23. The second-order valence-electron chi connectivity index (χ2n) is 6.08. The summed E-state index contributed by atoms with van der Waals surface area (Å²) < 4.78 is 28.8. The molecular formula is C17H20N2O4S2. The van der Waals surface area contributed by atoms with Crippen LogP contribution in [0.5, 0.6) is 0 Å². The highest BCUT2D eigenvalue weighted by molar-refractivity contribution is 7.90. The van der Waals surface area contributed by atoms with E-state index in [0.717, 1.165) is 37.3 Å². The second kappa shape index (κ2) is 7.23. The van der Waals surface area contributed by atoms with E-state index < -0.39 is 9.84 Å². The lowest BCUT2D eigenvalue weighted by Gasteiger charge is -2.31. The van der Waals surface area contributed by atoms with Gasteiger partial charge in [-0.1, -0.05) is 23.5 Å². The van der Waals surface area contributed by atoms with E-state index in [9.17, 15) is 13.2 Å². The van der Waals surface area contributed by atoms with Crippen LogP contribution in [0, 0.1) is 0 Å². The molecule has 0 N–H and O–H groups in total. The van der Waals surface area contributed by atoms with Gasteiger partial charge in [0, 0.05) is 32.0 Å². The third-order valence-electron chi connectivity index (χ3n) is 4.22. The van der Waals surface area contributed by atoms with E-state index in [2.05, 4.69) is 9.88 Å². The van der Waals surface area contributed by atoms with Gasteiger partial charge >= 0.3 is 0 Å². The summed E-state index contributed by atoms with van der Waals surface area (Å²) in [5.74, 6) is -0.213. The third kappa shape index (κ3) is 4.08. The molecule has 1 saturated heterocycles. The number of thiazole rings is 1. The van der Waals surface area contributed by atoms with Crippen LogP contribution < -0.4 is 4.90 Å². The van der Waals surface area contributed by atoms with Crippen molar-refractivity contribution in [2.75, 3.05) is 31.4 Å². The van der Waals surface area contributed by atoms with E-state index in [1.54, 1.807) is 25.4 Å².